The fourth-order valence-corrected chi connectivity index (χ4v) is 5.66. The molecule has 1 amide bonds. The molecule has 206 valence electrons. The molecule has 4 rings (SSSR count). The number of rotatable bonds is 10. The van der Waals surface area contributed by atoms with Gasteiger partial charge in [-0.1, -0.05) is 11.6 Å². The predicted octanol–water partition coefficient (Wildman–Crippen LogP) is 4.20. The van der Waals surface area contributed by atoms with Crippen molar-refractivity contribution in [1.29, 1.82) is 0 Å². The van der Waals surface area contributed by atoms with Crippen LogP contribution in [0.3, 0.4) is 0 Å². The van der Waals surface area contributed by atoms with Crippen LogP contribution in [0.5, 0.6) is 28.7 Å². The van der Waals surface area contributed by atoms with Crippen molar-refractivity contribution >= 4 is 55.4 Å². The third-order valence-corrected chi connectivity index (χ3v) is 8.20. The molecule has 1 aliphatic rings. The van der Waals surface area contributed by atoms with E-state index >= 15 is 0 Å². The molecule has 0 saturated carbocycles. The van der Waals surface area contributed by atoms with Gasteiger partial charge >= 0.3 is 0 Å². The van der Waals surface area contributed by atoms with E-state index in [-0.39, 0.29) is 33.9 Å². The van der Waals surface area contributed by atoms with Crippen LogP contribution in [0.15, 0.2) is 63.0 Å². The molecule has 0 unspecified atom stereocenters. The second-order valence-corrected chi connectivity index (χ2v) is 11.0. The number of carbonyl (C=O) groups is 1. The molecule has 1 heterocycles. The highest BCUT2D eigenvalue weighted by Gasteiger charge is 2.30. The summed E-state index contributed by atoms with van der Waals surface area (Å²) < 4.78 is 55.7. The summed E-state index contributed by atoms with van der Waals surface area (Å²) in [6.45, 7) is -0.538. The summed E-state index contributed by atoms with van der Waals surface area (Å²) in [7, 11) is -0.144. The Morgan fingerprint density at radius 1 is 1.03 bits per heavy atom. The van der Waals surface area contributed by atoms with Gasteiger partial charge < -0.3 is 23.7 Å². The maximum atomic E-state index is 13.8. The molecular formula is C25H23BrClN3O8S. The van der Waals surface area contributed by atoms with Gasteiger partial charge in [-0.3, -0.25) is 9.10 Å². The fourth-order valence-electron chi connectivity index (χ4n) is 3.63. The molecule has 3 aromatic rings. The number of nitrogens with zero attached hydrogens (tertiary/aromatic N) is 2. The van der Waals surface area contributed by atoms with Crippen molar-refractivity contribution < 1.29 is 36.9 Å². The lowest BCUT2D eigenvalue weighted by molar-refractivity contribution is -0.119. The van der Waals surface area contributed by atoms with Crippen LogP contribution < -0.4 is 33.4 Å². The quantitative estimate of drug-likeness (QED) is 0.258. The molecule has 0 aliphatic carbocycles. The zero-order valence-corrected chi connectivity index (χ0v) is 24.1. The molecule has 0 saturated heterocycles. The molecule has 1 aliphatic heterocycles. The Bertz CT molecular complexity index is 1530. The Hall–Kier alpha value is -3.68. The van der Waals surface area contributed by atoms with E-state index < -0.39 is 22.5 Å². The molecule has 0 fully saturated rings. The van der Waals surface area contributed by atoms with E-state index in [9.17, 15) is 13.2 Å². The van der Waals surface area contributed by atoms with Gasteiger partial charge in [0.1, 0.15) is 12.3 Å². The summed E-state index contributed by atoms with van der Waals surface area (Å²) in [5.41, 5.74) is 3.01. The highest BCUT2D eigenvalue weighted by atomic mass is 79.9. The summed E-state index contributed by atoms with van der Waals surface area (Å²) in [6.07, 6.45) is 1.39. The van der Waals surface area contributed by atoms with Crippen LogP contribution in [0.1, 0.15) is 5.56 Å². The molecule has 0 atom stereocenters. The second kappa shape index (κ2) is 12.0. The summed E-state index contributed by atoms with van der Waals surface area (Å²) in [6, 6.07) is 11.9. The van der Waals surface area contributed by atoms with Gasteiger partial charge in [0.2, 0.25) is 6.79 Å². The smallest absolute Gasteiger partial charge is 0.265 e. The van der Waals surface area contributed by atoms with Crippen molar-refractivity contribution in [3.8, 4) is 28.7 Å². The number of methoxy groups -OCH3 is 3. The van der Waals surface area contributed by atoms with Gasteiger partial charge in [-0.05, 0) is 58.4 Å². The van der Waals surface area contributed by atoms with E-state index in [1.165, 1.54) is 57.9 Å². The van der Waals surface area contributed by atoms with E-state index in [1.54, 1.807) is 18.2 Å². The summed E-state index contributed by atoms with van der Waals surface area (Å²) in [5.74, 6) is 1.10. The molecule has 1 N–H and O–H groups in total. The van der Waals surface area contributed by atoms with Crippen molar-refractivity contribution in [2.45, 2.75) is 4.90 Å². The molecule has 3 aromatic carbocycles. The van der Waals surface area contributed by atoms with E-state index in [0.29, 0.717) is 27.3 Å². The van der Waals surface area contributed by atoms with Gasteiger partial charge in [0.15, 0.2) is 23.0 Å². The van der Waals surface area contributed by atoms with Crippen molar-refractivity contribution in [1.82, 2.24) is 5.43 Å². The number of benzene rings is 3. The number of carbonyl (C=O) groups excluding carboxylic acids is 1. The van der Waals surface area contributed by atoms with E-state index in [4.69, 9.17) is 35.3 Å². The molecule has 0 radical (unpaired) electrons. The number of nitrogens with one attached hydrogen (secondary N) is 1. The molecule has 0 bridgehead atoms. The van der Waals surface area contributed by atoms with Crippen LogP contribution in [-0.2, 0) is 14.8 Å². The molecule has 14 heteroatoms. The Balaban J connectivity index is 1.65. The first-order valence-electron chi connectivity index (χ1n) is 11.2. The number of hydrogen-bond donors (Lipinski definition) is 1. The minimum atomic E-state index is -4.34. The lowest BCUT2D eigenvalue weighted by atomic mass is 10.2. The zero-order valence-electron chi connectivity index (χ0n) is 20.9. The number of halogens is 2. The highest BCUT2D eigenvalue weighted by Crippen LogP contribution is 2.38. The minimum absolute atomic E-state index is 0.0532. The lowest BCUT2D eigenvalue weighted by Crippen LogP contribution is -2.39. The Labute approximate surface area is 238 Å². The number of amides is 1. The summed E-state index contributed by atoms with van der Waals surface area (Å²) in [5, 5.41) is 4.21. The molecule has 11 nitrogen and oxygen atoms in total. The highest BCUT2D eigenvalue weighted by molar-refractivity contribution is 9.10. The Kier molecular flexibility index (Phi) is 8.73. The minimum Gasteiger partial charge on any atom is -0.495 e. The first kappa shape index (κ1) is 28.3. The molecule has 39 heavy (non-hydrogen) atoms. The van der Waals surface area contributed by atoms with Crippen LogP contribution in [0.2, 0.25) is 5.02 Å². The number of ether oxygens (including phenoxy) is 5. The number of anilines is 1. The normalized spacial score (nSPS) is 12.3. The van der Waals surface area contributed by atoms with Crippen molar-refractivity contribution in [3.63, 3.8) is 0 Å². The first-order chi connectivity index (χ1) is 18.7. The summed E-state index contributed by atoms with van der Waals surface area (Å²) >= 11 is 9.59. The van der Waals surface area contributed by atoms with Crippen LogP contribution in [0.25, 0.3) is 0 Å². The third kappa shape index (κ3) is 6.15. The lowest BCUT2D eigenvalue weighted by Gasteiger charge is -2.25. The van der Waals surface area contributed by atoms with Crippen LogP contribution >= 0.6 is 27.5 Å². The van der Waals surface area contributed by atoms with E-state index in [1.807, 2.05) is 0 Å². The molecule has 0 aromatic heterocycles. The van der Waals surface area contributed by atoms with Crippen LogP contribution in [-0.4, -0.2) is 55.2 Å². The largest absolute Gasteiger partial charge is 0.495 e. The van der Waals surface area contributed by atoms with Gasteiger partial charge in [-0.15, -0.1) is 0 Å². The Morgan fingerprint density at radius 2 is 1.69 bits per heavy atom. The summed E-state index contributed by atoms with van der Waals surface area (Å²) in [4.78, 5) is 12.8. The monoisotopic (exact) mass is 639 g/mol. The van der Waals surface area contributed by atoms with Crippen molar-refractivity contribution in [2.24, 2.45) is 5.10 Å². The van der Waals surface area contributed by atoms with E-state index in [0.717, 1.165) is 4.31 Å². The maximum Gasteiger partial charge on any atom is 0.265 e. The fraction of sp³-hybridized carbons (Fsp3) is 0.200. The average molecular weight is 641 g/mol. The topological polar surface area (TPSA) is 125 Å². The average Bonchev–Trinajstić information content (AvgIpc) is 3.38. The SMILES string of the molecule is COc1ccc(S(=O)(=O)N(CC(=O)N/N=C\c2cc3c(cc2Br)OCO3)c2cc(Cl)ccc2OC)cc1OC. The number of hydrazone groups is 1. The maximum absolute atomic E-state index is 13.8. The van der Waals surface area contributed by atoms with Crippen molar-refractivity contribution in [3.05, 3.63) is 63.6 Å². The number of sulfonamides is 1. The van der Waals surface area contributed by atoms with Crippen LogP contribution in [0.4, 0.5) is 5.69 Å². The molecular weight excluding hydrogens is 618 g/mol. The van der Waals surface area contributed by atoms with Gasteiger partial charge in [0.05, 0.1) is 38.1 Å². The predicted molar refractivity (Wildman–Crippen MR) is 148 cm³/mol. The van der Waals surface area contributed by atoms with Crippen LogP contribution in [0, 0.1) is 0 Å². The van der Waals surface area contributed by atoms with Crippen molar-refractivity contribution in [2.75, 3.05) is 39.0 Å². The first-order valence-corrected chi connectivity index (χ1v) is 13.8. The molecule has 0 spiro atoms. The number of fused-ring (bicyclic) bond motifs is 1. The van der Waals surface area contributed by atoms with Gasteiger partial charge in [0.25, 0.3) is 15.9 Å². The van der Waals surface area contributed by atoms with Gasteiger partial charge in [-0.25, -0.2) is 13.8 Å². The Morgan fingerprint density at radius 3 is 2.38 bits per heavy atom. The second-order valence-electron chi connectivity index (χ2n) is 7.86. The number of hydrogen-bond acceptors (Lipinski definition) is 9. The standard InChI is InChI=1S/C25H23BrClN3O8S/c1-34-20-6-4-16(27)9-19(20)30(39(32,33)17-5-7-21(35-2)22(10-17)36-3)13-25(31)29-28-12-15-8-23-24(11-18(15)26)38-14-37-23/h4-12H,13-14H2,1-3H3,(H,29,31)/b28-12-. The third-order valence-electron chi connectivity index (χ3n) is 5.52. The zero-order chi connectivity index (χ0) is 28.2. The van der Waals surface area contributed by atoms with E-state index in [2.05, 4.69) is 26.5 Å². The van der Waals surface area contributed by atoms with Gasteiger partial charge in [0, 0.05) is 21.1 Å². The van der Waals surface area contributed by atoms with Gasteiger partial charge in [-0.2, -0.15) is 5.10 Å².